The van der Waals surface area contributed by atoms with Gasteiger partial charge in [-0.1, -0.05) is 0 Å². The highest BCUT2D eigenvalue weighted by Crippen LogP contribution is 2.34. The summed E-state index contributed by atoms with van der Waals surface area (Å²) in [6.45, 7) is 3.96. The van der Waals surface area contributed by atoms with Crippen LogP contribution in [0.2, 0.25) is 0 Å². The first kappa shape index (κ1) is 17.7. The highest BCUT2D eigenvalue weighted by Gasteiger charge is 2.23. The van der Waals surface area contributed by atoms with Gasteiger partial charge in [0, 0.05) is 24.3 Å². The van der Waals surface area contributed by atoms with E-state index >= 15 is 0 Å². The van der Waals surface area contributed by atoms with Crippen LogP contribution in [-0.4, -0.2) is 38.8 Å². The van der Waals surface area contributed by atoms with Gasteiger partial charge >= 0.3 is 0 Å². The summed E-state index contributed by atoms with van der Waals surface area (Å²) in [6, 6.07) is 4.33. The third-order valence-electron chi connectivity index (χ3n) is 4.61. The van der Waals surface area contributed by atoms with E-state index in [2.05, 4.69) is 26.8 Å². The predicted octanol–water partition coefficient (Wildman–Crippen LogP) is 3.67. The van der Waals surface area contributed by atoms with Crippen molar-refractivity contribution < 1.29 is 14.9 Å². The fraction of sp³-hybridized carbons (Fsp3) is 0.611. The zero-order valence-corrected chi connectivity index (χ0v) is 15.8. The second-order valence-corrected chi connectivity index (χ2v) is 8.26. The van der Waals surface area contributed by atoms with E-state index in [1.54, 1.807) is 13.8 Å². The maximum atomic E-state index is 9.82. The lowest BCUT2D eigenvalue weighted by Crippen LogP contribution is -2.27. The minimum Gasteiger partial charge on any atom is -0.489 e. The monoisotopic (exact) mass is 396 g/mol. The van der Waals surface area contributed by atoms with Crippen LogP contribution in [0, 0.1) is 5.92 Å². The average molecular weight is 397 g/mol. The van der Waals surface area contributed by atoms with Crippen molar-refractivity contribution >= 4 is 26.8 Å². The molecule has 1 aliphatic carbocycles. The van der Waals surface area contributed by atoms with Crippen LogP contribution in [0.3, 0.4) is 0 Å². The third-order valence-corrected chi connectivity index (χ3v) is 5.22. The van der Waals surface area contributed by atoms with Crippen molar-refractivity contribution in [1.82, 2.24) is 9.78 Å². The van der Waals surface area contributed by atoms with Crippen molar-refractivity contribution in [3.63, 3.8) is 0 Å². The molecule has 0 amide bonds. The van der Waals surface area contributed by atoms with Crippen LogP contribution in [0.4, 0.5) is 0 Å². The number of hydrogen-bond donors (Lipinski definition) is 2. The van der Waals surface area contributed by atoms with E-state index in [4.69, 9.17) is 9.84 Å². The van der Waals surface area contributed by atoms with E-state index in [-0.39, 0.29) is 6.61 Å². The molecule has 0 saturated heterocycles. The molecule has 6 heteroatoms. The minimum absolute atomic E-state index is 0.225. The Balaban J connectivity index is 1.78. The minimum atomic E-state index is -0.876. The summed E-state index contributed by atoms with van der Waals surface area (Å²) in [5.74, 6) is 1.14. The average Bonchev–Trinajstić information content (AvgIpc) is 2.94. The molecule has 0 spiro atoms. The Labute approximate surface area is 150 Å². The van der Waals surface area contributed by atoms with Crippen molar-refractivity contribution in [1.29, 1.82) is 0 Å². The van der Waals surface area contributed by atoms with E-state index < -0.39 is 5.60 Å². The fourth-order valence-electron chi connectivity index (χ4n) is 3.19. The fourth-order valence-corrected chi connectivity index (χ4v) is 3.66. The quantitative estimate of drug-likeness (QED) is 0.808. The largest absolute Gasteiger partial charge is 0.489 e. The van der Waals surface area contributed by atoms with Crippen molar-refractivity contribution in [3.8, 4) is 5.75 Å². The Bertz CT molecular complexity index is 700. The molecule has 2 N–H and O–H groups in total. The topological polar surface area (TPSA) is 67.5 Å². The van der Waals surface area contributed by atoms with Gasteiger partial charge < -0.3 is 14.9 Å². The highest BCUT2D eigenvalue weighted by molar-refractivity contribution is 9.10. The van der Waals surface area contributed by atoms with Crippen molar-refractivity contribution in [2.24, 2.45) is 5.92 Å². The summed E-state index contributed by atoms with van der Waals surface area (Å²) in [5, 5.41) is 24.9. The van der Waals surface area contributed by atoms with Crippen LogP contribution in [-0.2, 0) is 0 Å². The molecule has 1 fully saturated rings. The summed E-state index contributed by atoms with van der Waals surface area (Å²) in [6.07, 6.45) is 6.32. The van der Waals surface area contributed by atoms with Gasteiger partial charge in [-0.25, -0.2) is 0 Å². The van der Waals surface area contributed by atoms with Gasteiger partial charge in [0.1, 0.15) is 12.4 Å². The molecular formula is C18H25BrN2O3. The van der Waals surface area contributed by atoms with Crippen LogP contribution >= 0.6 is 15.9 Å². The molecule has 1 aromatic carbocycles. The summed E-state index contributed by atoms with van der Waals surface area (Å²) >= 11 is 3.54. The molecule has 24 heavy (non-hydrogen) atoms. The maximum absolute atomic E-state index is 9.82. The number of fused-ring (bicyclic) bond motifs is 1. The second kappa shape index (κ2) is 7.02. The van der Waals surface area contributed by atoms with Gasteiger partial charge in [-0.2, -0.15) is 5.10 Å². The molecule has 0 bridgehead atoms. The van der Waals surface area contributed by atoms with Crippen LogP contribution in [0.5, 0.6) is 5.75 Å². The number of aliphatic hydroxyl groups excluding tert-OH is 1. The normalized spacial score (nSPS) is 22.0. The van der Waals surface area contributed by atoms with Gasteiger partial charge in [0.25, 0.3) is 0 Å². The van der Waals surface area contributed by atoms with E-state index in [1.165, 1.54) is 0 Å². The van der Waals surface area contributed by atoms with Crippen LogP contribution in [0.1, 0.15) is 45.6 Å². The number of hydrogen-bond acceptors (Lipinski definition) is 4. The molecule has 0 atom stereocenters. The number of rotatable bonds is 5. The van der Waals surface area contributed by atoms with Crippen molar-refractivity contribution in [3.05, 3.63) is 22.8 Å². The van der Waals surface area contributed by atoms with Gasteiger partial charge in [-0.05, 0) is 67.4 Å². The standard InChI is InChI=1S/C18H25BrN2O3/c1-18(2,23)11-24-17-8-16-13(7-15(17)19)9-21(20-16)14-5-3-12(10-22)4-6-14/h7-9,12,14,22-23H,3-6,10-11H2,1-2H3. The number of halogens is 1. The first-order chi connectivity index (χ1) is 11.4. The lowest BCUT2D eigenvalue weighted by atomic mass is 9.87. The molecule has 2 aromatic rings. The predicted molar refractivity (Wildman–Crippen MR) is 97.3 cm³/mol. The Hall–Kier alpha value is -1.11. The summed E-state index contributed by atoms with van der Waals surface area (Å²) < 4.78 is 8.64. The summed E-state index contributed by atoms with van der Waals surface area (Å²) in [5.41, 5.74) is 0.0206. The van der Waals surface area contributed by atoms with E-state index in [1.807, 2.05) is 12.1 Å². The smallest absolute Gasteiger partial charge is 0.135 e. The maximum Gasteiger partial charge on any atom is 0.135 e. The van der Waals surface area contributed by atoms with Gasteiger partial charge in [0.15, 0.2) is 0 Å². The third kappa shape index (κ3) is 4.10. The summed E-state index contributed by atoms with van der Waals surface area (Å²) in [7, 11) is 0. The first-order valence-corrected chi connectivity index (χ1v) is 9.29. The molecule has 0 radical (unpaired) electrons. The van der Waals surface area contributed by atoms with Gasteiger partial charge in [-0.15, -0.1) is 0 Å². The lowest BCUT2D eigenvalue weighted by molar-refractivity contribution is 0.0282. The van der Waals surface area contributed by atoms with Crippen LogP contribution in [0.15, 0.2) is 22.8 Å². The van der Waals surface area contributed by atoms with E-state index in [0.717, 1.165) is 41.1 Å². The second-order valence-electron chi connectivity index (χ2n) is 7.41. The number of nitrogens with zero attached hydrogens (tertiary/aromatic N) is 2. The van der Waals surface area contributed by atoms with Crippen molar-refractivity contribution in [2.45, 2.75) is 51.2 Å². The molecule has 5 nitrogen and oxygen atoms in total. The van der Waals surface area contributed by atoms with Crippen LogP contribution in [0.25, 0.3) is 10.9 Å². The van der Waals surface area contributed by atoms with Crippen molar-refractivity contribution in [2.75, 3.05) is 13.2 Å². The molecule has 3 rings (SSSR count). The number of aliphatic hydroxyl groups is 2. The number of ether oxygens (including phenoxy) is 1. The van der Waals surface area contributed by atoms with Gasteiger partial charge in [0.2, 0.25) is 0 Å². The first-order valence-electron chi connectivity index (χ1n) is 8.50. The molecule has 1 aliphatic rings. The van der Waals surface area contributed by atoms with Gasteiger partial charge in [0.05, 0.1) is 21.6 Å². The Kier molecular flexibility index (Phi) is 5.18. The number of benzene rings is 1. The Morgan fingerprint density at radius 3 is 2.62 bits per heavy atom. The molecule has 1 aromatic heterocycles. The molecule has 1 saturated carbocycles. The molecule has 0 unspecified atom stereocenters. The molecular weight excluding hydrogens is 372 g/mol. The van der Waals surface area contributed by atoms with E-state index in [9.17, 15) is 10.2 Å². The zero-order chi connectivity index (χ0) is 17.3. The highest BCUT2D eigenvalue weighted by atomic mass is 79.9. The van der Waals surface area contributed by atoms with Crippen LogP contribution < -0.4 is 4.74 Å². The molecule has 0 aliphatic heterocycles. The lowest BCUT2D eigenvalue weighted by Gasteiger charge is -2.27. The molecule has 1 heterocycles. The molecule has 132 valence electrons. The zero-order valence-electron chi connectivity index (χ0n) is 14.2. The Morgan fingerprint density at radius 1 is 1.29 bits per heavy atom. The number of aromatic nitrogens is 2. The van der Waals surface area contributed by atoms with Gasteiger partial charge in [-0.3, -0.25) is 4.68 Å². The summed E-state index contributed by atoms with van der Waals surface area (Å²) in [4.78, 5) is 0. The van der Waals surface area contributed by atoms with E-state index in [0.29, 0.717) is 24.3 Å². The SMILES string of the molecule is CC(C)(O)COc1cc2nn(C3CCC(CO)CC3)cc2cc1Br. The Morgan fingerprint density at radius 2 is 2.00 bits per heavy atom.